The summed E-state index contributed by atoms with van der Waals surface area (Å²) in [5.41, 5.74) is 2.13. The summed E-state index contributed by atoms with van der Waals surface area (Å²) >= 11 is -1.58. The number of fused-ring (bicyclic) bond motifs is 1. The Morgan fingerprint density at radius 2 is 2.06 bits per heavy atom. The van der Waals surface area contributed by atoms with E-state index in [-0.39, 0.29) is 0 Å². The molecule has 0 amide bonds. The summed E-state index contributed by atoms with van der Waals surface area (Å²) in [6.07, 6.45) is 2.49. The molecule has 1 heterocycles. The first-order chi connectivity index (χ1) is 8.04. The van der Waals surface area contributed by atoms with Crippen molar-refractivity contribution in [1.82, 2.24) is 9.87 Å². The number of rotatable bonds is 4. The topological polar surface area (TPSA) is 73.9 Å². The third-order valence-corrected chi connectivity index (χ3v) is 4.17. The average Bonchev–Trinajstić information content (AvgIpc) is 2.71. The first kappa shape index (κ1) is 12.4. The van der Waals surface area contributed by atoms with Gasteiger partial charge >= 0.3 is 0 Å². The fourth-order valence-corrected chi connectivity index (χ4v) is 2.43. The fraction of sp³-hybridized carbons (Fsp3) is 0.333. The number of hydrogen-bond donors (Lipinski definition) is 2. The standard InChI is InChI=1S/C12H15N2O2S/c1-12(2,17(16)14-15)7-9-8-13-11-6-4-3-5-10(9)11/h3-6,8,13-14H,7H2,1-2H3/q-1. The Kier molecular flexibility index (Phi) is 3.44. The first-order valence-electron chi connectivity index (χ1n) is 5.39. The molecule has 0 aliphatic rings. The molecule has 17 heavy (non-hydrogen) atoms. The van der Waals surface area contributed by atoms with Crippen molar-refractivity contribution < 1.29 is 4.55 Å². The molecule has 4 nitrogen and oxygen atoms in total. The molecule has 0 saturated carbocycles. The van der Waals surface area contributed by atoms with E-state index in [0.717, 1.165) is 16.5 Å². The lowest BCUT2D eigenvalue weighted by molar-refractivity contribution is 0.538. The highest BCUT2D eigenvalue weighted by atomic mass is 32.2. The Balaban J connectivity index is 2.30. The number of aromatic amines is 1. The molecular formula is C12H15N2O2S-. The van der Waals surface area contributed by atoms with Crippen LogP contribution in [0.5, 0.6) is 0 Å². The van der Waals surface area contributed by atoms with E-state index >= 15 is 0 Å². The van der Waals surface area contributed by atoms with E-state index in [9.17, 15) is 9.76 Å². The van der Waals surface area contributed by atoms with Crippen LogP contribution in [0.3, 0.4) is 0 Å². The molecule has 0 radical (unpaired) electrons. The van der Waals surface area contributed by atoms with E-state index < -0.39 is 16.1 Å². The molecule has 2 rings (SSSR count). The maximum absolute atomic E-state index is 11.6. The summed E-state index contributed by atoms with van der Waals surface area (Å²) in [4.78, 5) is 4.75. The fourth-order valence-electron chi connectivity index (χ4n) is 1.91. The van der Waals surface area contributed by atoms with Crippen molar-refractivity contribution >= 4 is 22.3 Å². The van der Waals surface area contributed by atoms with Gasteiger partial charge in [-0.2, -0.15) is 0 Å². The lowest BCUT2D eigenvalue weighted by Crippen LogP contribution is -2.40. The van der Waals surface area contributed by atoms with Crippen LogP contribution in [-0.4, -0.2) is 14.3 Å². The van der Waals surface area contributed by atoms with Crippen LogP contribution in [0, 0.1) is 5.21 Å². The Hall–Kier alpha value is -1.01. The van der Waals surface area contributed by atoms with Gasteiger partial charge in [0.2, 0.25) is 0 Å². The molecule has 1 aromatic carbocycles. The summed E-state index contributed by atoms with van der Waals surface area (Å²) in [7, 11) is 0. The second kappa shape index (κ2) is 4.70. The monoisotopic (exact) mass is 251 g/mol. The zero-order chi connectivity index (χ0) is 12.5. The van der Waals surface area contributed by atoms with Crippen LogP contribution in [0.1, 0.15) is 19.4 Å². The molecule has 0 aliphatic heterocycles. The van der Waals surface area contributed by atoms with E-state index in [2.05, 4.69) is 4.98 Å². The Bertz CT molecular complexity index is 510. The third kappa shape index (κ3) is 2.47. The smallest absolute Gasteiger partial charge is 0.142 e. The van der Waals surface area contributed by atoms with Crippen LogP contribution in [0.4, 0.5) is 0 Å². The number of hydrogen-bond acceptors (Lipinski definition) is 3. The van der Waals surface area contributed by atoms with Crippen molar-refractivity contribution in [3.05, 3.63) is 41.2 Å². The van der Waals surface area contributed by atoms with Crippen LogP contribution >= 0.6 is 0 Å². The molecule has 5 heteroatoms. The van der Waals surface area contributed by atoms with Gasteiger partial charge in [0.15, 0.2) is 0 Å². The minimum absolute atomic E-state index is 0.582. The van der Waals surface area contributed by atoms with Crippen LogP contribution in [-0.2, 0) is 17.8 Å². The maximum atomic E-state index is 11.6. The van der Waals surface area contributed by atoms with Gasteiger partial charge in [-0.3, -0.25) is 0 Å². The molecular weight excluding hydrogens is 236 g/mol. The van der Waals surface area contributed by atoms with Gasteiger partial charge in [0.05, 0.1) is 0 Å². The van der Waals surface area contributed by atoms with Crippen molar-refractivity contribution in [2.45, 2.75) is 25.0 Å². The van der Waals surface area contributed by atoms with Crippen molar-refractivity contribution in [2.75, 3.05) is 0 Å². The Labute approximate surface area is 103 Å². The predicted molar refractivity (Wildman–Crippen MR) is 70.7 cm³/mol. The van der Waals surface area contributed by atoms with Crippen LogP contribution in [0.25, 0.3) is 10.9 Å². The minimum Gasteiger partial charge on any atom is -0.746 e. The predicted octanol–water partition coefficient (Wildman–Crippen LogP) is 2.24. The highest BCUT2D eigenvalue weighted by Crippen LogP contribution is 2.26. The van der Waals surface area contributed by atoms with Crippen molar-refractivity contribution in [2.24, 2.45) is 0 Å². The Morgan fingerprint density at radius 1 is 1.35 bits per heavy atom. The average molecular weight is 251 g/mol. The SMILES string of the molecule is CC(C)(Cc1c[nH]c2ccccc12)[S+]([O-])N[O-]. The van der Waals surface area contributed by atoms with E-state index in [0.29, 0.717) is 6.42 Å². The largest absolute Gasteiger partial charge is 0.746 e. The molecule has 1 unspecified atom stereocenters. The minimum atomic E-state index is -1.58. The van der Waals surface area contributed by atoms with Crippen LogP contribution < -0.4 is 4.89 Å². The molecule has 0 bridgehead atoms. The van der Waals surface area contributed by atoms with Gasteiger partial charge in [0.25, 0.3) is 0 Å². The van der Waals surface area contributed by atoms with Crippen molar-refractivity contribution in [3.8, 4) is 0 Å². The second-order valence-corrected chi connectivity index (χ2v) is 6.46. The van der Waals surface area contributed by atoms with Gasteiger partial charge in [-0.15, -0.1) is 0 Å². The maximum Gasteiger partial charge on any atom is 0.142 e. The zero-order valence-electron chi connectivity index (χ0n) is 9.82. The highest BCUT2D eigenvalue weighted by Gasteiger charge is 2.31. The van der Waals surface area contributed by atoms with E-state index in [1.807, 2.05) is 44.3 Å². The van der Waals surface area contributed by atoms with Gasteiger partial charge < -0.3 is 14.7 Å². The molecule has 0 saturated heterocycles. The quantitative estimate of drug-likeness (QED) is 0.646. The first-order valence-corrected chi connectivity index (χ1v) is 6.54. The van der Waals surface area contributed by atoms with Gasteiger partial charge in [-0.25, -0.2) is 4.89 Å². The molecule has 0 aliphatic carbocycles. The van der Waals surface area contributed by atoms with Crippen LogP contribution in [0.15, 0.2) is 30.5 Å². The lowest BCUT2D eigenvalue weighted by Gasteiger charge is -2.29. The van der Waals surface area contributed by atoms with Crippen molar-refractivity contribution in [1.29, 1.82) is 0 Å². The normalized spacial score (nSPS) is 14.1. The molecule has 0 spiro atoms. The summed E-state index contributed by atoms with van der Waals surface area (Å²) in [5, 5.41) is 11.6. The summed E-state index contributed by atoms with van der Waals surface area (Å²) < 4.78 is 11.0. The van der Waals surface area contributed by atoms with Gasteiger partial charge in [-0.1, -0.05) is 18.2 Å². The Morgan fingerprint density at radius 3 is 2.76 bits per heavy atom. The molecule has 1 aromatic heterocycles. The number of para-hydroxylation sites is 1. The highest BCUT2D eigenvalue weighted by molar-refractivity contribution is 7.90. The molecule has 92 valence electrons. The van der Waals surface area contributed by atoms with Crippen molar-refractivity contribution in [3.63, 3.8) is 0 Å². The van der Waals surface area contributed by atoms with E-state index in [1.165, 1.54) is 0 Å². The lowest BCUT2D eigenvalue weighted by atomic mass is 10.0. The summed E-state index contributed by atoms with van der Waals surface area (Å²) in [6, 6.07) is 7.94. The van der Waals surface area contributed by atoms with Gasteiger partial charge in [0.1, 0.15) is 4.75 Å². The number of H-pyrrole nitrogens is 1. The number of aromatic nitrogens is 1. The second-order valence-electron chi connectivity index (χ2n) is 4.65. The van der Waals surface area contributed by atoms with Gasteiger partial charge in [0, 0.05) is 34.9 Å². The zero-order valence-corrected chi connectivity index (χ0v) is 10.6. The summed E-state index contributed by atoms with van der Waals surface area (Å²) in [6.45, 7) is 3.63. The third-order valence-electron chi connectivity index (χ3n) is 2.87. The molecule has 1 atom stereocenters. The number of benzene rings is 1. The molecule has 2 N–H and O–H groups in total. The molecule has 0 fully saturated rings. The van der Waals surface area contributed by atoms with Crippen LogP contribution in [0.2, 0.25) is 0 Å². The van der Waals surface area contributed by atoms with E-state index in [1.54, 1.807) is 4.89 Å². The molecule has 2 aromatic rings. The number of nitrogens with one attached hydrogen (secondary N) is 2. The summed E-state index contributed by atoms with van der Waals surface area (Å²) in [5.74, 6) is 0. The van der Waals surface area contributed by atoms with E-state index in [4.69, 9.17) is 0 Å². The van der Waals surface area contributed by atoms with Gasteiger partial charge in [-0.05, 0) is 25.5 Å².